The van der Waals surface area contributed by atoms with Crippen LogP contribution in [0.3, 0.4) is 0 Å². The van der Waals surface area contributed by atoms with Gasteiger partial charge in [-0.15, -0.1) is 11.6 Å². The zero-order valence-electron chi connectivity index (χ0n) is 9.23. The molecule has 1 fully saturated rings. The molecule has 0 spiro atoms. The maximum absolute atomic E-state index is 13.7. The minimum absolute atomic E-state index is 0.0636. The van der Waals surface area contributed by atoms with Gasteiger partial charge in [-0.3, -0.25) is 10.1 Å². The summed E-state index contributed by atoms with van der Waals surface area (Å²) in [5, 5.41) is 10.6. The Hall–Kier alpha value is -1.16. The Kier molecular flexibility index (Phi) is 3.62. The highest BCUT2D eigenvalue weighted by Crippen LogP contribution is 2.37. The van der Waals surface area contributed by atoms with Gasteiger partial charge in [0.2, 0.25) is 5.82 Å². The molecule has 1 aromatic carbocycles. The first kappa shape index (κ1) is 12.3. The topological polar surface area (TPSA) is 43.1 Å². The van der Waals surface area contributed by atoms with Crippen molar-refractivity contribution in [2.24, 2.45) is 5.92 Å². The van der Waals surface area contributed by atoms with Crippen LogP contribution < -0.4 is 0 Å². The van der Waals surface area contributed by atoms with Gasteiger partial charge in [-0.2, -0.15) is 4.39 Å². The Labute approximate surface area is 104 Å². The van der Waals surface area contributed by atoms with Crippen LogP contribution in [0.1, 0.15) is 24.8 Å². The third-order valence-electron chi connectivity index (χ3n) is 3.08. The summed E-state index contributed by atoms with van der Waals surface area (Å²) < 4.78 is 13.7. The molecule has 1 aliphatic carbocycles. The van der Waals surface area contributed by atoms with Crippen molar-refractivity contribution in [1.29, 1.82) is 0 Å². The van der Waals surface area contributed by atoms with E-state index in [1.165, 1.54) is 12.1 Å². The number of nitro benzene ring substituents is 1. The zero-order chi connectivity index (χ0) is 12.4. The molecule has 0 aromatic heterocycles. The van der Waals surface area contributed by atoms with Crippen LogP contribution in [-0.4, -0.2) is 10.3 Å². The van der Waals surface area contributed by atoms with Crippen LogP contribution in [0.4, 0.5) is 10.1 Å². The maximum atomic E-state index is 13.7. The highest BCUT2D eigenvalue weighted by molar-refractivity contribution is 6.20. The Balaban J connectivity index is 2.04. The monoisotopic (exact) mass is 257 g/mol. The lowest BCUT2D eigenvalue weighted by Crippen LogP contribution is -2.05. The second-order valence-corrected chi connectivity index (χ2v) is 4.96. The highest BCUT2D eigenvalue weighted by atomic mass is 35.5. The standard InChI is InChI=1S/C12H13ClFNO2/c13-10(8-4-5-8)7-6-9-2-1-3-11(12(9)14)15(16)17/h1-3,8,10H,4-7H2. The Bertz CT molecular complexity index is 435. The summed E-state index contributed by atoms with van der Waals surface area (Å²) in [4.78, 5) is 9.87. The normalized spacial score (nSPS) is 16.8. The van der Waals surface area contributed by atoms with Gasteiger partial charge in [0.25, 0.3) is 0 Å². The van der Waals surface area contributed by atoms with Gasteiger partial charge in [0.15, 0.2) is 0 Å². The molecule has 2 rings (SSSR count). The van der Waals surface area contributed by atoms with Crippen LogP contribution in [0, 0.1) is 21.8 Å². The molecule has 0 N–H and O–H groups in total. The van der Waals surface area contributed by atoms with E-state index in [1.807, 2.05) is 0 Å². The van der Waals surface area contributed by atoms with Crippen LogP contribution in [0.25, 0.3) is 0 Å². The number of aryl methyl sites for hydroxylation is 1. The van der Waals surface area contributed by atoms with Crippen molar-refractivity contribution in [3.05, 3.63) is 39.7 Å². The number of nitrogens with zero attached hydrogens (tertiary/aromatic N) is 1. The number of hydrogen-bond acceptors (Lipinski definition) is 2. The van der Waals surface area contributed by atoms with Gasteiger partial charge in [0.1, 0.15) is 0 Å². The summed E-state index contributed by atoms with van der Waals surface area (Å²) >= 11 is 6.13. The largest absolute Gasteiger partial charge is 0.305 e. The summed E-state index contributed by atoms with van der Waals surface area (Å²) in [5.74, 6) is -0.171. The smallest absolute Gasteiger partial charge is 0.258 e. The molecule has 0 amide bonds. The number of halogens is 2. The average Bonchev–Trinajstić information content (AvgIpc) is 3.10. The van der Waals surface area contributed by atoms with Crippen LogP contribution in [0.2, 0.25) is 0 Å². The highest BCUT2D eigenvalue weighted by Gasteiger charge is 2.29. The Morgan fingerprint density at radius 3 is 2.82 bits per heavy atom. The van der Waals surface area contributed by atoms with Gasteiger partial charge in [-0.05, 0) is 37.2 Å². The molecule has 92 valence electrons. The Morgan fingerprint density at radius 2 is 2.24 bits per heavy atom. The second-order valence-electron chi connectivity index (χ2n) is 4.40. The number of alkyl halides is 1. The molecule has 1 aromatic rings. The van der Waals surface area contributed by atoms with Crippen LogP contribution in [0.15, 0.2) is 18.2 Å². The zero-order valence-corrected chi connectivity index (χ0v) is 9.99. The minimum atomic E-state index is -0.725. The van der Waals surface area contributed by atoms with E-state index < -0.39 is 16.4 Å². The number of hydrogen-bond donors (Lipinski definition) is 0. The van der Waals surface area contributed by atoms with E-state index in [4.69, 9.17) is 11.6 Å². The molecule has 5 heteroatoms. The lowest BCUT2D eigenvalue weighted by atomic mass is 10.0. The molecule has 0 saturated heterocycles. The molecule has 1 saturated carbocycles. The molecule has 1 unspecified atom stereocenters. The summed E-state index contributed by atoms with van der Waals surface area (Å²) in [5.41, 5.74) is -0.0782. The van der Waals surface area contributed by atoms with Crippen molar-refractivity contribution in [3.8, 4) is 0 Å². The number of rotatable bonds is 5. The minimum Gasteiger partial charge on any atom is -0.258 e. The van der Waals surface area contributed by atoms with E-state index >= 15 is 0 Å². The molecular weight excluding hydrogens is 245 g/mol. The molecule has 0 radical (unpaired) electrons. The predicted molar refractivity (Wildman–Crippen MR) is 63.7 cm³/mol. The third-order valence-corrected chi connectivity index (χ3v) is 3.65. The SMILES string of the molecule is O=[N+]([O-])c1cccc(CCC(Cl)C2CC2)c1F. The van der Waals surface area contributed by atoms with E-state index in [1.54, 1.807) is 6.07 Å². The van der Waals surface area contributed by atoms with Gasteiger partial charge in [0.05, 0.1) is 4.92 Å². The van der Waals surface area contributed by atoms with E-state index in [-0.39, 0.29) is 5.38 Å². The summed E-state index contributed by atoms with van der Waals surface area (Å²) in [6, 6.07) is 4.27. The molecule has 1 atom stereocenters. The van der Waals surface area contributed by atoms with Gasteiger partial charge < -0.3 is 0 Å². The lowest BCUT2D eigenvalue weighted by Gasteiger charge is -2.08. The van der Waals surface area contributed by atoms with Gasteiger partial charge in [-0.1, -0.05) is 12.1 Å². The third kappa shape index (κ3) is 2.94. The summed E-state index contributed by atoms with van der Waals surface area (Å²) in [6.45, 7) is 0. The van der Waals surface area contributed by atoms with Crippen LogP contribution in [0.5, 0.6) is 0 Å². The number of benzene rings is 1. The van der Waals surface area contributed by atoms with E-state index in [9.17, 15) is 14.5 Å². The van der Waals surface area contributed by atoms with Crippen molar-refractivity contribution in [2.45, 2.75) is 31.1 Å². The maximum Gasteiger partial charge on any atom is 0.305 e. The first-order chi connectivity index (χ1) is 8.09. The first-order valence-corrected chi connectivity index (χ1v) is 6.09. The molecule has 1 aliphatic rings. The second kappa shape index (κ2) is 5.00. The number of nitro groups is 1. The first-order valence-electron chi connectivity index (χ1n) is 5.65. The van der Waals surface area contributed by atoms with Crippen LogP contribution in [-0.2, 0) is 6.42 Å². The molecule has 17 heavy (non-hydrogen) atoms. The quantitative estimate of drug-likeness (QED) is 0.459. The molecule has 3 nitrogen and oxygen atoms in total. The molecule has 0 bridgehead atoms. The van der Waals surface area contributed by atoms with Crippen molar-refractivity contribution >= 4 is 17.3 Å². The van der Waals surface area contributed by atoms with E-state index in [0.717, 1.165) is 12.8 Å². The summed E-state index contributed by atoms with van der Waals surface area (Å²) in [6.07, 6.45) is 3.42. The Morgan fingerprint density at radius 1 is 1.53 bits per heavy atom. The molecule has 0 heterocycles. The van der Waals surface area contributed by atoms with Crippen molar-refractivity contribution < 1.29 is 9.31 Å². The fourth-order valence-corrected chi connectivity index (χ4v) is 2.25. The van der Waals surface area contributed by atoms with Gasteiger partial charge in [-0.25, -0.2) is 0 Å². The van der Waals surface area contributed by atoms with Gasteiger partial charge >= 0.3 is 5.69 Å². The summed E-state index contributed by atoms with van der Waals surface area (Å²) in [7, 11) is 0. The average molecular weight is 258 g/mol. The van der Waals surface area contributed by atoms with Crippen molar-refractivity contribution in [1.82, 2.24) is 0 Å². The fourth-order valence-electron chi connectivity index (χ4n) is 1.89. The molecular formula is C12H13ClFNO2. The fraction of sp³-hybridized carbons (Fsp3) is 0.500. The molecule has 0 aliphatic heterocycles. The van der Waals surface area contributed by atoms with E-state index in [0.29, 0.717) is 24.3 Å². The van der Waals surface area contributed by atoms with Crippen LogP contribution >= 0.6 is 11.6 Å². The lowest BCUT2D eigenvalue weighted by molar-refractivity contribution is -0.387. The van der Waals surface area contributed by atoms with Gasteiger partial charge in [0, 0.05) is 11.4 Å². The van der Waals surface area contributed by atoms with E-state index in [2.05, 4.69) is 0 Å². The van der Waals surface area contributed by atoms with Crippen molar-refractivity contribution in [3.63, 3.8) is 0 Å². The van der Waals surface area contributed by atoms with Crippen molar-refractivity contribution in [2.75, 3.05) is 0 Å². The predicted octanol–water partition coefficient (Wildman–Crippen LogP) is 3.68.